The summed E-state index contributed by atoms with van der Waals surface area (Å²) in [4.78, 5) is 10.6. The van der Waals surface area contributed by atoms with E-state index < -0.39 is 5.97 Å². The maximum Gasteiger partial charge on any atom is 0.328 e. The Kier molecular flexibility index (Phi) is 4.69. The van der Waals surface area contributed by atoms with Crippen molar-refractivity contribution < 1.29 is 19.0 Å². The van der Waals surface area contributed by atoms with Crippen molar-refractivity contribution in [1.29, 1.82) is 0 Å². The van der Waals surface area contributed by atoms with Gasteiger partial charge in [-0.05, 0) is 35.8 Å². The molecule has 1 aromatic rings. The lowest BCUT2D eigenvalue weighted by Gasteiger charge is -2.12. The van der Waals surface area contributed by atoms with E-state index in [1.165, 1.54) is 24.3 Å². The highest BCUT2D eigenvalue weighted by Crippen LogP contribution is 2.15. The summed E-state index contributed by atoms with van der Waals surface area (Å²) < 4.78 is 18.0. The molecular weight excluding hydrogens is 223 g/mol. The van der Waals surface area contributed by atoms with Gasteiger partial charge in [-0.25, -0.2) is 9.18 Å². The zero-order valence-electron chi connectivity index (χ0n) is 9.81. The van der Waals surface area contributed by atoms with Gasteiger partial charge in [-0.3, -0.25) is 0 Å². The molecule has 0 atom stereocenters. The minimum Gasteiger partial charge on any atom is -0.489 e. The molecule has 0 aliphatic carbocycles. The van der Waals surface area contributed by atoms with Crippen molar-refractivity contribution in [3.8, 4) is 5.75 Å². The Labute approximate surface area is 99.5 Å². The van der Waals surface area contributed by atoms with Gasteiger partial charge in [0.05, 0.1) is 0 Å². The Morgan fingerprint density at radius 1 is 1.41 bits per heavy atom. The molecule has 1 N–H and O–H groups in total. The van der Waals surface area contributed by atoms with E-state index >= 15 is 0 Å². The second-order valence-electron chi connectivity index (χ2n) is 3.95. The molecular formula is C13H15FO3. The third kappa shape index (κ3) is 4.68. The highest BCUT2D eigenvalue weighted by molar-refractivity contribution is 5.80. The Bertz CT molecular complexity index is 407. The van der Waals surface area contributed by atoms with E-state index in [1.54, 1.807) is 0 Å². The molecule has 3 nitrogen and oxygen atoms in total. The summed E-state index contributed by atoms with van der Waals surface area (Å²) in [7, 11) is 0. The predicted molar refractivity (Wildman–Crippen MR) is 62.5 cm³/mol. The summed E-state index contributed by atoms with van der Waals surface area (Å²) in [5.41, 5.74) is 0.682. The molecule has 0 aromatic heterocycles. The number of aliphatic carboxylic acids is 1. The van der Waals surface area contributed by atoms with E-state index in [4.69, 9.17) is 9.84 Å². The van der Waals surface area contributed by atoms with Crippen LogP contribution in [0.15, 0.2) is 35.9 Å². The topological polar surface area (TPSA) is 46.5 Å². The predicted octanol–water partition coefficient (Wildman–Crippen LogP) is 2.87. The lowest BCUT2D eigenvalue weighted by molar-refractivity contribution is -0.131. The van der Waals surface area contributed by atoms with Crippen LogP contribution in [0.25, 0.3) is 0 Å². The normalized spacial score (nSPS) is 11.6. The smallest absolute Gasteiger partial charge is 0.328 e. The van der Waals surface area contributed by atoms with Gasteiger partial charge >= 0.3 is 5.97 Å². The molecule has 0 heterocycles. The molecule has 0 aliphatic rings. The van der Waals surface area contributed by atoms with E-state index in [0.717, 1.165) is 6.08 Å². The first-order chi connectivity index (χ1) is 7.99. The summed E-state index contributed by atoms with van der Waals surface area (Å²) in [6, 6.07) is 5.61. The summed E-state index contributed by atoms with van der Waals surface area (Å²) >= 11 is 0. The minimum absolute atomic E-state index is 0.0894. The van der Waals surface area contributed by atoms with Gasteiger partial charge in [-0.2, -0.15) is 0 Å². The molecule has 1 aromatic carbocycles. The summed E-state index contributed by atoms with van der Waals surface area (Å²) in [5, 5.41) is 8.68. The van der Waals surface area contributed by atoms with Crippen molar-refractivity contribution in [3.05, 3.63) is 41.7 Å². The van der Waals surface area contributed by atoms with Crippen molar-refractivity contribution in [1.82, 2.24) is 0 Å². The van der Waals surface area contributed by atoms with Crippen molar-refractivity contribution in [2.24, 2.45) is 5.92 Å². The van der Waals surface area contributed by atoms with Crippen LogP contribution in [0.3, 0.4) is 0 Å². The number of hydrogen-bond acceptors (Lipinski definition) is 2. The van der Waals surface area contributed by atoms with Crippen LogP contribution in [0.4, 0.5) is 4.39 Å². The molecule has 0 fully saturated rings. The fourth-order valence-corrected chi connectivity index (χ4v) is 1.23. The molecule has 0 aliphatic heterocycles. The van der Waals surface area contributed by atoms with Crippen LogP contribution < -0.4 is 4.74 Å². The molecule has 17 heavy (non-hydrogen) atoms. The first-order valence-electron chi connectivity index (χ1n) is 5.31. The number of ether oxygens (including phenoxy) is 1. The van der Waals surface area contributed by atoms with Crippen LogP contribution in [0.1, 0.15) is 13.8 Å². The molecule has 92 valence electrons. The molecule has 1 rings (SSSR count). The van der Waals surface area contributed by atoms with Crippen LogP contribution in [-0.4, -0.2) is 17.7 Å². The number of carboxylic acid groups (broad SMARTS) is 1. The van der Waals surface area contributed by atoms with Gasteiger partial charge in [0.2, 0.25) is 0 Å². The van der Waals surface area contributed by atoms with E-state index in [9.17, 15) is 9.18 Å². The van der Waals surface area contributed by atoms with Crippen molar-refractivity contribution in [2.45, 2.75) is 13.8 Å². The van der Waals surface area contributed by atoms with Gasteiger partial charge in [0.1, 0.15) is 18.2 Å². The van der Waals surface area contributed by atoms with Crippen molar-refractivity contribution in [2.75, 3.05) is 6.61 Å². The maximum absolute atomic E-state index is 12.6. The number of carboxylic acids is 1. The molecule has 0 bridgehead atoms. The highest BCUT2D eigenvalue weighted by atomic mass is 19.1. The number of hydrogen-bond donors (Lipinski definition) is 1. The van der Waals surface area contributed by atoms with E-state index in [0.29, 0.717) is 11.3 Å². The lowest BCUT2D eigenvalue weighted by Crippen LogP contribution is -2.09. The molecule has 0 amide bonds. The third-order valence-electron chi connectivity index (χ3n) is 2.27. The lowest BCUT2D eigenvalue weighted by atomic mass is 10.0. The Balaban J connectivity index is 2.64. The standard InChI is InChI=1S/C13H15FO3/c1-9(2)10(7-13(15)16)8-17-12-5-3-11(14)4-6-12/h3-7,9H,8H2,1-2H3,(H,15,16)/b10-7-. The first-order valence-corrected chi connectivity index (χ1v) is 5.31. The second-order valence-corrected chi connectivity index (χ2v) is 3.95. The average molecular weight is 238 g/mol. The van der Waals surface area contributed by atoms with Gasteiger partial charge in [0.15, 0.2) is 0 Å². The molecule has 0 unspecified atom stereocenters. The summed E-state index contributed by atoms with van der Waals surface area (Å²) in [5.74, 6) is -0.714. The Hall–Kier alpha value is -1.84. The third-order valence-corrected chi connectivity index (χ3v) is 2.27. The van der Waals surface area contributed by atoms with Crippen LogP contribution in [0, 0.1) is 11.7 Å². The number of rotatable bonds is 5. The Morgan fingerprint density at radius 2 is 2.00 bits per heavy atom. The highest BCUT2D eigenvalue weighted by Gasteiger charge is 2.07. The zero-order valence-corrected chi connectivity index (χ0v) is 9.81. The summed E-state index contributed by atoms with van der Waals surface area (Å²) in [6.45, 7) is 3.97. The minimum atomic E-state index is -0.989. The monoisotopic (exact) mass is 238 g/mol. The van der Waals surface area contributed by atoms with Gasteiger partial charge in [0, 0.05) is 6.08 Å². The second kappa shape index (κ2) is 6.03. The van der Waals surface area contributed by atoms with Crippen LogP contribution in [0.2, 0.25) is 0 Å². The fraction of sp³-hybridized carbons (Fsp3) is 0.308. The number of halogens is 1. The fourth-order valence-electron chi connectivity index (χ4n) is 1.23. The van der Waals surface area contributed by atoms with Crippen LogP contribution >= 0.6 is 0 Å². The molecule has 0 spiro atoms. The van der Waals surface area contributed by atoms with Crippen molar-refractivity contribution in [3.63, 3.8) is 0 Å². The Morgan fingerprint density at radius 3 is 2.47 bits per heavy atom. The van der Waals surface area contributed by atoms with Crippen LogP contribution in [-0.2, 0) is 4.79 Å². The summed E-state index contributed by atoms with van der Waals surface area (Å²) in [6.07, 6.45) is 1.15. The number of carbonyl (C=O) groups is 1. The number of benzene rings is 1. The average Bonchev–Trinajstić information content (AvgIpc) is 2.25. The largest absolute Gasteiger partial charge is 0.489 e. The maximum atomic E-state index is 12.6. The molecule has 0 saturated carbocycles. The van der Waals surface area contributed by atoms with Gasteiger partial charge in [0.25, 0.3) is 0 Å². The van der Waals surface area contributed by atoms with E-state index in [2.05, 4.69) is 0 Å². The van der Waals surface area contributed by atoms with Gasteiger partial charge < -0.3 is 9.84 Å². The molecule has 0 radical (unpaired) electrons. The molecule has 0 saturated heterocycles. The van der Waals surface area contributed by atoms with Gasteiger partial charge in [-0.15, -0.1) is 0 Å². The SMILES string of the molecule is CC(C)/C(=C\C(=O)O)COc1ccc(F)cc1. The quantitative estimate of drug-likeness (QED) is 0.802. The van der Waals surface area contributed by atoms with Gasteiger partial charge in [-0.1, -0.05) is 13.8 Å². The van der Waals surface area contributed by atoms with E-state index in [-0.39, 0.29) is 18.3 Å². The zero-order chi connectivity index (χ0) is 12.8. The first kappa shape index (κ1) is 13.2. The van der Waals surface area contributed by atoms with Crippen molar-refractivity contribution >= 4 is 5.97 Å². The van der Waals surface area contributed by atoms with Crippen LogP contribution in [0.5, 0.6) is 5.75 Å². The molecule has 4 heteroatoms. The van der Waals surface area contributed by atoms with E-state index in [1.807, 2.05) is 13.8 Å².